The molecule has 6 nitrogen and oxygen atoms in total. The van der Waals surface area contributed by atoms with Crippen LogP contribution in [0.25, 0.3) is 0 Å². The van der Waals surface area contributed by atoms with E-state index < -0.39 is 0 Å². The summed E-state index contributed by atoms with van der Waals surface area (Å²) >= 11 is 0. The average Bonchev–Trinajstić information content (AvgIpc) is 2.68. The molecule has 6 heteroatoms. The Hall–Kier alpha value is -2.76. The minimum Gasteiger partial charge on any atom is -0.495 e. The molecule has 0 atom stereocenters. The molecule has 3 rings (SSSR count). The number of pyridine rings is 1. The number of aromatic nitrogens is 1. The summed E-state index contributed by atoms with van der Waals surface area (Å²) < 4.78 is 5.46. The standard InChI is InChI=1S/C19H24N4O2/c1-3-19(24)21-18-9-8-15(14-20-18)22-10-12-23(13-11-22)16-6-4-5-7-17(16)25-2/h4-9,14H,3,10-13H2,1-2H3,(H,20,21,24). The summed E-state index contributed by atoms with van der Waals surface area (Å²) in [7, 11) is 1.71. The van der Waals surface area contributed by atoms with Gasteiger partial charge in [0.15, 0.2) is 0 Å². The zero-order valence-electron chi connectivity index (χ0n) is 14.7. The third-order valence-corrected chi connectivity index (χ3v) is 4.41. The van der Waals surface area contributed by atoms with Crippen molar-refractivity contribution in [3.63, 3.8) is 0 Å². The van der Waals surface area contributed by atoms with Crippen LogP contribution in [0.15, 0.2) is 42.6 Å². The summed E-state index contributed by atoms with van der Waals surface area (Å²) in [6, 6.07) is 12.0. The van der Waals surface area contributed by atoms with Gasteiger partial charge in [-0.1, -0.05) is 19.1 Å². The monoisotopic (exact) mass is 340 g/mol. The highest BCUT2D eigenvalue weighted by molar-refractivity contribution is 5.89. The number of nitrogens with one attached hydrogen (secondary N) is 1. The van der Waals surface area contributed by atoms with Crippen LogP contribution in [0.3, 0.4) is 0 Å². The van der Waals surface area contributed by atoms with E-state index in [1.165, 1.54) is 0 Å². The highest BCUT2D eigenvalue weighted by Crippen LogP contribution is 2.29. The molecular formula is C19H24N4O2. The molecule has 1 amide bonds. The molecular weight excluding hydrogens is 316 g/mol. The third-order valence-electron chi connectivity index (χ3n) is 4.41. The minimum absolute atomic E-state index is 0.0225. The van der Waals surface area contributed by atoms with Gasteiger partial charge < -0.3 is 19.9 Å². The molecule has 25 heavy (non-hydrogen) atoms. The van der Waals surface area contributed by atoms with Crippen LogP contribution >= 0.6 is 0 Å². The van der Waals surface area contributed by atoms with Crippen molar-refractivity contribution in [3.8, 4) is 5.75 Å². The molecule has 1 aliphatic rings. The van der Waals surface area contributed by atoms with Crippen molar-refractivity contribution in [2.24, 2.45) is 0 Å². The lowest BCUT2D eigenvalue weighted by molar-refractivity contribution is -0.115. The Morgan fingerprint density at radius 2 is 1.84 bits per heavy atom. The first-order chi connectivity index (χ1) is 12.2. The third kappa shape index (κ3) is 4.02. The summed E-state index contributed by atoms with van der Waals surface area (Å²) in [5.41, 5.74) is 2.22. The van der Waals surface area contributed by atoms with Crippen LogP contribution in [0.4, 0.5) is 17.2 Å². The number of ether oxygens (including phenoxy) is 1. The lowest BCUT2D eigenvalue weighted by Crippen LogP contribution is -2.46. The Labute approximate surface area is 148 Å². The fourth-order valence-corrected chi connectivity index (χ4v) is 2.97. The summed E-state index contributed by atoms with van der Waals surface area (Å²) in [5.74, 6) is 1.49. The van der Waals surface area contributed by atoms with Gasteiger partial charge in [0.05, 0.1) is 24.7 Å². The number of carbonyl (C=O) groups is 1. The van der Waals surface area contributed by atoms with Gasteiger partial charge in [-0.3, -0.25) is 4.79 Å². The number of para-hydroxylation sites is 2. The van der Waals surface area contributed by atoms with Gasteiger partial charge in [0, 0.05) is 32.6 Å². The zero-order chi connectivity index (χ0) is 17.6. The molecule has 0 radical (unpaired) electrons. The number of carbonyl (C=O) groups excluding carboxylic acids is 1. The molecule has 1 aliphatic heterocycles. The van der Waals surface area contributed by atoms with Gasteiger partial charge in [-0.05, 0) is 24.3 Å². The molecule has 2 aromatic rings. The first-order valence-electron chi connectivity index (χ1n) is 8.60. The smallest absolute Gasteiger partial charge is 0.225 e. The number of hydrogen-bond donors (Lipinski definition) is 1. The molecule has 1 N–H and O–H groups in total. The van der Waals surface area contributed by atoms with E-state index in [0.29, 0.717) is 12.2 Å². The molecule has 1 fully saturated rings. The number of benzene rings is 1. The quantitative estimate of drug-likeness (QED) is 0.907. The fraction of sp³-hybridized carbons (Fsp3) is 0.368. The van der Waals surface area contributed by atoms with E-state index in [1.807, 2.05) is 43.5 Å². The van der Waals surface area contributed by atoms with Crippen molar-refractivity contribution < 1.29 is 9.53 Å². The van der Waals surface area contributed by atoms with E-state index in [9.17, 15) is 4.79 Å². The van der Waals surface area contributed by atoms with Gasteiger partial charge in [-0.15, -0.1) is 0 Å². The van der Waals surface area contributed by atoms with Crippen LogP contribution < -0.4 is 19.9 Å². The number of methoxy groups -OCH3 is 1. The van der Waals surface area contributed by atoms with Gasteiger partial charge in [-0.2, -0.15) is 0 Å². The molecule has 2 heterocycles. The molecule has 132 valence electrons. The largest absolute Gasteiger partial charge is 0.495 e. The van der Waals surface area contributed by atoms with Crippen LogP contribution in [0.2, 0.25) is 0 Å². The predicted octanol–water partition coefficient (Wildman–Crippen LogP) is 2.77. The van der Waals surface area contributed by atoms with Crippen molar-refractivity contribution in [2.75, 3.05) is 48.4 Å². The van der Waals surface area contributed by atoms with Crippen molar-refractivity contribution in [1.29, 1.82) is 0 Å². The molecule has 1 aromatic heterocycles. The Bertz CT molecular complexity index is 710. The zero-order valence-corrected chi connectivity index (χ0v) is 14.7. The van der Waals surface area contributed by atoms with E-state index in [2.05, 4.69) is 26.2 Å². The van der Waals surface area contributed by atoms with E-state index in [-0.39, 0.29) is 5.91 Å². The van der Waals surface area contributed by atoms with Crippen LogP contribution in [-0.4, -0.2) is 44.2 Å². The summed E-state index contributed by atoms with van der Waals surface area (Å²) in [5, 5.41) is 2.77. The molecule has 1 saturated heterocycles. The first kappa shape index (κ1) is 17.1. The molecule has 1 aromatic carbocycles. The lowest BCUT2D eigenvalue weighted by Gasteiger charge is -2.37. The Morgan fingerprint density at radius 3 is 2.48 bits per heavy atom. The van der Waals surface area contributed by atoms with Gasteiger partial charge in [0.2, 0.25) is 5.91 Å². The molecule has 0 bridgehead atoms. The summed E-state index contributed by atoms with van der Waals surface area (Å²) in [6.45, 7) is 5.51. The second-order valence-electron chi connectivity index (χ2n) is 5.95. The van der Waals surface area contributed by atoms with Gasteiger partial charge in [-0.25, -0.2) is 4.98 Å². The maximum absolute atomic E-state index is 11.4. The van der Waals surface area contributed by atoms with Crippen LogP contribution in [0.1, 0.15) is 13.3 Å². The maximum Gasteiger partial charge on any atom is 0.225 e. The van der Waals surface area contributed by atoms with Crippen LogP contribution in [0.5, 0.6) is 5.75 Å². The van der Waals surface area contributed by atoms with E-state index in [1.54, 1.807) is 7.11 Å². The summed E-state index contributed by atoms with van der Waals surface area (Å²) in [6.07, 6.45) is 2.28. The minimum atomic E-state index is -0.0225. The SMILES string of the molecule is CCC(=O)Nc1ccc(N2CCN(c3ccccc3OC)CC2)cn1. The van der Waals surface area contributed by atoms with Crippen molar-refractivity contribution in [3.05, 3.63) is 42.6 Å². The van der Waals surface area contributed by atoms with Gasteiger partial charge in [0.25, 0.3) is 0 Å². The van der Waals surface area contributed by atoms with Gasteiger partial charge >= 0.3 is 0 Å². The topological polar surface area (TPSA) is 57.7 Å². The van der Waals surface area contributed by atoms with E-state index in [0.717, 1.165) is 43.3 Å². The number of anilines is 3. The van der Waals surface area contributed by atoms with Crippen LogP contribution in [-0.2, 0) is 4.79 Å². The van der Waals surface area contributed by atoms with E-state index >= 15 is 0 Å². The van der Waals surface area contributed by atoms with E-state index in [4.69, 9.17) is 4.74 Å². The first-order valence-corrected chi connectivity index (χ1v) is 8.60. The molecule has 0 aliphatic carbocycles. The number of rotatable bonds is 5. The Kier molecular flexibility index (Phi) is 5.38. The Morgan fingerprint density at radius 1 is 1.12 bits per heavy atom. The second kappa shape index (κ2) is 7.88. The van der Waals surface area contributed by atoms with Gasteiger partial charge in [0.1, 0.15) is 11.6 Å². The summed E-state index contributed by atoms with van der Waals surface area (Å²) in [4.78, 5) is 20.4. The van der Waals surface area contributed by atoms with Crippen molar-refractivity contribution in [1.82, 2.24) is 4.98 Å². The highest BCUT2D eigenvalue weighted by Gasteiger charge is 2.20. The second-order valence-corrected chi connectivity index (χ2v) is 5.95. The van der Waals surface area contributed by atoms with Crippen molar-refractivity contribution in [2.45, 2.75) is 13.3 Å². The number of amides is 1. The highest BCUT2D eigenvalue weighted by atomic mass is 16.5. The fourth-order valence-electron chi connectivity index (χ4n) is 2.97. The predicted molar refractivity (Wildman–Crippen MR) is 101 cm³/mol. The molecule has 0 unspecified atom stereocenters. The number of hydrogen-bond acceptors (Lipinski definition) is 5. The number of piperazine rings is 1. The molecule has 0 spiro atoms. The normalized spacial score (nSPS) is 14.3. The lowest BCUT2D eigenvalue weighted by atomic mass is 10.2. The average molecular weight is 340 g/mol. The maximum atomic E-state index is 11.4. The van der Waals surface area contributed by atoms with Crippen molar-refractivity contribution >= 4 is 23.1 Å². The van der Waals surface area contributed by atoms with Crippen LogP contribution in [0, 0.1) is 0 Å². The number of nitrogens with zero attached hydrogens (tertiary/aromatic N) is 3. The Balaban J connectivity index is 1.61. The molecule has 0 saturated carbocycles.